The van der Waals surface area contributed by atoms with Gasteiger partial charge in [-0.05, 0) is 43.1 Å². The summed E-state index contributed by atoms with van der Waals surface area (Å²) in [7, 11) is 2.12. The van der Waals surface area contributed by atoms with Gasteiger partial charge in [-0.3, -0.25) is 0 Å². The molecule has 2 aliphatic rings. The zero-order valence-corrected chi connectivity index (χ0v) is 8.78. The molecule has 3 atom stereocenters. The second kappa shape index (κ2) is 2.25. The predicted octanol–water partition coefficient (Wildman–Crippen LogP) is 2.42. The Hall–Kier alpha value is -0.0400. The van der Waals surface area contributed by atoms with Crippen LogP contribution in [0.2, 0.25) is 0 Å². The summed E-state index contributed by atoms with van der Waals surface area (Å²) in [5, 5.41) is 3.53. The molecule has 0 aromatic rings. The fourth-order valence-electron chi connectivity index (χ4n) is 4.02. The molecule has 0 spiro atoms. The highest BCUT2D eigenvalue weighted by molar-refractivity contribution is 5.11. The van der Waals surface area contributed by atoms with Crippen LogP contribution in [0, 0.1) is 16.7 Å². The molecule has 1 heteroatoms. The topological polar surface area (TPSA) is 12.0 Å². The highest BCUT2D eigenvalue weighted by atomic mass is 15.0. The minimum atomic E-state index is 0.530. The van der Waals surface area contributed by atoms with Crippen molar-refractivity contribution in [2.45, 2.75) is 46.1 Å². The van der Waals surface area contributed by atoms with Gasteiger partial charge in [0.1, 0.15) is 0 Å². The quantitative estimate of drug-likeness (QED) is 0.632. The second-order valence-electron chi connectivity index (χ2n) is 5.64. The molecule has 2 aliphatic carbocycles. The molecule has 2 rings (SSSR count). The third kappa shape index (κ3) is 0.834. The van der Waals surface area contributed by atoms with Crippen LogP contribution >= 0.6 is 0 Å². The van der Waals surface area contributed by atoms with Crippen LogP contribution in [-0.4, -0.2) is 13.1 Å². The molecular weight excluding hydrogens is 146 g/mol. The standard InChI is InChI=1S/C11H21N/c1-10(2)8-5-6-11(3,7-8)9(10)12-4/h8-9,12H,5-7H2,1-4H3/t8-,9-,11?/m0/s1. The summed E-state index contributed by atoms with van der Waals surface area (Å²) in [5.74, 6) is 0.972. The Morgan fingerprint density at radius 3 is 2.25 bits per heavy atom. The third-order valence-corrected chi connectivity index (χ3v) is 4.56. The van der Waals surface area contributed by atoms with Crippen molar-refractivity contribution in [3.8, 4) is 0 Å². The summed E-state index contributed by atoms with van der Waals surface area (Å²) in [4.78, 5) is 0. The Morgan fingerprint density at radius 2 is 1.92 bits per heavy atom. The van der Waals surface area contributed by atoms with E-state index in [-0.39, 0.29) is 0 Å². The number of fused-ring (bicyclic) bond motifs is 2. The largest absolute Gasteiger partial charge is 0.316 e. The Morgan fingerprint density at radius 1 is 1.25 bits per heavy atom. The molecule has 1 nitrogen and oxygen atoms in total. The van der Waals surface area contributed by atoms with Gasteiger partial charge in [0.25, 0.3) is 0 Å². The molecule has 0 aromatic carbocycles. The van der Waals surface area contributed by atoms with Crippen LogP contribution in [0.25, 0.3) is 0 Å². The molecule has 2 bridgehead atoms. The van der Waals surface area contributed by atoms with E-state index in [4.69, 9.17) is 0 Å². The summed E-state index contributed by atoms with van der Waals surface area (Å²) in [6.45, 7) is 7.33. The Kier molecular flexibility index (Phi) is 1.61. The molecule has 0 saturated heterocycles. The van der Waals surface area contributed by atoms with Gasteiger partial charge in [0.05, 0.1) is 0 Å². The fourth-order valence-corrected chi connectivity index (χ4v) is 4.02. The lowest BCUT2D eigenvalue weighted by Gasteiger charge is -2.42. The Labute approximate surface area is 75.9 Å². The third-order valence-electron chi connectivity index (χ3n) is 4.56. The minimum Gasteiger partial charge on any atom is -0.316 e. The van der Waals surface area contributed by atoms with Crippen LogP contribution in [0.3, 0.4) is 0 Å². The molecule has 2 fully saturated rings. The Bertz CT molecular complexity index is 192. The monoisotopic (exact) mass is 167 g/mol. The highest BCUT2D eigenvalue weighted by Crippen LogP contribution is 2.62. The lowest BCUT2D eigenvalue weighted by atomic mass is 9.68. The van der Waals surface area contributed by atoms with Gasteiger partial charge in [-0.2, -0.15) is 0 Å². The SMILES string of the molecule is CN[C@@H]1C2(C)CC[C@@H](C2)C1(C)C. The van der Waals surface area contributed by atoms with Crippen molar-refractivity contribution in [3.05, 3.63) is 0 Å². The lowest BCUT2D eigenvalue weighted by molar-refractivity contribution is 0.116. The van der Waals surface area contributed by atoms with E-state index in [0.717, 1.165) is 12.0 Å². The zero-order valence-electron chi connectivity index (χ0n) is 8.78. The van der Waals surface area contributed by atoms with E-state index < -0.39 is 0 Å². The molecule has 1 N–H and O–H groups in total. The summed E-state index contributed by atoms with van der Waals surface area (Å²) < 4.78 is 0. The Balaban J connectivity index is 2.31. The van der Waals surface area contributed by atoms with Crippen molar-refractivity contribution < 1.29 is 0 Å². The first-order chi connectivity index (χ1) is 5.50. The van der Waals surface area contributed by atoms with Crippen molar-refractivity contribution in [3.63, 3.8) is 0 Å². The van der Waals surface area contributed by atoms with Crippen molar-refractivity contribution in [2.75, 3.05) is 7.05 Å². The van der Waals surface area contributed by atoms with E-state index in [9.17, 15) is 0 Å². The van der Waals surface area contributed by atoms with Gasteiger partial charge >= 0.3 is 0 Å². The summed E-state index contributed by atoms with van der Waals surface area (Å²) in [6.07, 6.45) is 4.35. The van der Waals surface area contributed by atoms with Crippen LogP contribution in [0.15, 0.2) is 0 Å². The summed E-state index contributed by atoms with van der Waals surface area (Å²) >= 11 is 0. The number of hydrogen-bond acceptors (Lipinski definition) is 1. The maximum Gasteiger partial charge on any atom is 0.0172 e. The van der Waals surface area contributed by atoms with Gasteiger partial charge in [0, 0.05) is 6.04 Å². The molecule has 12 heavy (non-hydrogen) atoms. The van der Waals surface area contributed by atoms with Crippen molar-refractivity contribution in [1.29, 1.82) is 0 Å². The average molecular weight is 167 g/mol. The smallest absolute Gasteiger partial charge is 0.0172 e. The maximum atomic E-state index is 3.53. The minimum absolute atomic E-state index is 0.530. The number of nitrogens with one attached hydrogen (secondary N) is 1. The first-order valence-corrected chi connectivity index (χ1v) is 5.18. The molecule has 1 unspecified atom stereocenters. The molecule has 70 valence electrons. The van der Waals surface area contributed by atoms with Gasteiger partial charge in [-0.1, -0.05) is 20.8 Å². The van der Waals surface area contributed by atoms with Crippen LogP contribution in [-0.2, 0) is 0 Å². The summed E-state index contributed by atoms with van der Waals surface area (Å²) in [6, 6.07) is 0.740. The zero-order chi connectivity index (χ0) is 8.98. The number of hydrogen-bond donors (Lipinski definition) is 1. The van der Waals surface area contributed by atoms with E-state index in [1.807, 2.05) is 0 Å². The second-order valence-corrected chi connectivity index (χ2v) is 5.64. The predicted molar refractivity (Wildman–Crippen MR) is 52.1 cm³/mol. The lowest BCUT2D eigenvalue weighted by Crippen LogP contribution is -2.48. The van der Waals surface area contributed by atoms with E-state index >= 15 is 0 Å². The van der Waals surface area contributed by atoms with Crippen LogP contribution < -0.4 is 5.32 Å². The molecule has 2 saturated carbocycles. The molecule has 0 heterocycles. The van der Waals surface area contributed by atoms with Crippen molar-refractivity contribution in [1.82, 2.24) is 5.32 Å². The average Bonchev–Trinajstić information content (AvgIpc) is 2.39. The normalized spacial score (nSPS) is 50.0. The van der Waals surface area contributed by atoms with Crippen LogP contribution in [0.4, 0.5) is 0 Å². The van der Waals surface area contributed by atoms with Gasteiger partial charge < -0.3 is 5.32 Å². The first-order valence-electron chi connectivity index (χ1n) is 5.18. The van der Waals surface area contributed by atoms with Gasteiger partial charge in [-0.25, -0.2) is 0 Å². The van der Waals surface area contributed by atoms with Crippen LogP contribution in [0.5, 0.6) is 0 Å². The number of rotatable bonds is 1. The van der Waals surface area contributed by atoms with Crippen LogP contribution in [0.1, 0.15) is 40.0 Å². The van der Waals surface area contributed by atoms with Gasteiger partial charge in [0.15, 0.2) is 0 Å². The van der Waals surface area contributed by atoms with Gasteiger partial charge in [-0.15, -0.1) is 0 Å². The van der Waals surface area contributed by atoms with E-state index in [1.165, 1.54) is 19.3 Å². The highest BCUT2D eigenvalue weighted by Gasteiger charge is 2.58. The molecule has 0 amide bonds. The van der Waals surface area contributed by atoms with Crippen molar-refractivity contribution in [2.24, 2.45) is 16.7 Å². The fraction of sp³-hybridized carbons (Fsp3) is 1.00. The molecular formula is C11H21N. The molecule has 0 radical (unpaired) electrons. The first kappa shape index (κ1) is 8.55. The van der Waals surface area contributed by atoms with Gasteiger partial charge in [0.2, 0.25) is 0 Å². The molecule has 0 aromatic heterocycles. The maximum absolute atomic E-state index is 3.53. The molecule has 0 aliphatic heterocycles. The summed E-state index contributed by atoms with van der Waals surface area (Å²) in [5.41, 5.74) is 1.13. The van der Waals surface area contributed by atoms with Crippen molar-refractivity contribution >= 4 is 0 Å². The van der Waals surface area contributed by atoms with E-state index in [2.05, 4.69) is 33.1 Å². The van der Waals surface area contributed by atoms with E-state index in [1.54, 1.807) is 0 Å². The van der Waals surface area contributed by atoms with E-state index in [0.29, 0.717) is 10.8 Å².